The molecule has 0 heterocycles. The molecule has 112 valence electrons. The Morgan fingerprint density at radius 3 is 2.05 bits per heavy atom. The molecule has 5 heteroatoms. The van der Waals surface area contributed by atoms with Crippen LogP contribution in [0.2, 0.25) is 0 Å². The Labute approximate surface area is 141 Å². The van der Waals surface area contributed by atoms with E-state index in [1.165, 1.54) is 0 Å². The average molecular weight is 416 g/mol. The monoisotopic (exact) mass is 414 g/mol. The van der Waals surface area contributed by atoms with Gasteiger partial charge in [-0.25, -0.2) is 0 Å². The molecular weight excluding hydrogens is 400 g/mol. The Morgan fingerprint density at radius 2 is 1.52 bits per heavy atom. The van der Waals surface area contributed by atoms with Gasteiger partial charge in [0.2, 0.25) is 0 Å². The zero-order valence-corrected chi connectivity index (χ0v) is 14.9. The van der Waals surface area contributed by atoms with Crippen molar-refractivity contribution in [3.05, 3.63) is 56.5 Å². The summed E-state index contributed by atoms with van der Waals surface area (Å²) < 4.78 is 12.1. The highest BCUT2D eigenvalue weighted by atomic mass is 79.9. The second kappa shape index (κ2) is 7.29. The fraction of sp³-hybridized carbons (Fsp3) is 0.250. The standard InChI is InChI=1S/C16H16Br2O3/c1-20-15-5-3-10(7-12(15)17)8-14(19)11-4-6-16(21-2)13(18)9-11/h3-7,9,14,19H,8H2,1-2H3. The molecule has 0 fully saturated rings. The summed E-state index contributed by atoms with van der Waals surface area (Å²) in [6.07, 6.45) is -0.0473. The van der Waals surface area contributed by atoms with E-state index in [2.05, 4.69) is 31.9 Å². The van der Waals surface area contributed by atoms with Crippen LogP contribution >= 0.6 is 31.9 Å². The summed E-state index contributed by atoms with van der Waals surface area (Å²) in [7, 11) is 3.24. The number of hydrogen-bond donors (Lipinski definition) is 1. The predicted octanol–water partition coefficient (Wildman–Crippen LogP) is 4.50. The Kier molecular flexibility index (Phi) is 5.67. The van der Waals surface area contributed by atoms with Crippen molar-refractivity contribution >= 4 is 31.9 Å². The minimum absolute atomic E-state index is 0.529. The van der Waals surface area contributed by atoms with Crippen LogP contribution in [0.25, 0.3) is 0 Å². The molecule has 2 aromatic rings. The van der Waals surface area contributed by atoms with Gasteiger partial charge in [0.1, 0.15) is 11.5 Å². The number of methoxy groups -OCH3 is 2. The molecule has 0 aliphatic rings. The van der Waals surface area contributed by atoms with Crippen molar-refractivity contribution in [3.63, 3.8) is 0 Å². The highest BCUT2D eigenvalue weighted by Gasteiger charge is 2.12. The molecule has 1 N–H and O–H groups in total. The molecule has 0 radical (unpaired) electrons. The third-order valence-electron chi connectivity index (χ3n) is 3.21. The van der Waals surface area contributed by atoms with E-state index in [4.69, 9.17) is 9.47 Å². The largest absolute Gasteiger partial charge is 0.496 e. The number of aliphatic hydroxyl groups is 1. The van der Waals surface area contributed by atoms with Gasteiger partial charge in [-0.15, -0.1) is 0 Å². The molecule has 2 aromatic carbocycles. The Bertz CT molecular complexity index is 629. The summed E-state index contributed by atoms with van der Waals surface area (Å²) in [4.78, 5) is 0. The Hall–Kier alpha value is -1.04. The normalized spacial score (nSPS) is 12.0. The van der Waals surface area contributed by atoms with Gasteiger partial charge in [0.05, 0.1) is 29.3 Å². The first-order valence-corrected chi connectivity index (χ1v) is 7.97. The highest BCUT2D eigenvalue weighted by molar-refractivity contribution is 9.10. The van der Waals surface area contributed by atoms with Gasteiger partial charge < -0.3 is 14.6 Å². The summed E-state index contributed by atoms with van der Waals surface area (Å²) >= 11 is 6.88. The number of hydrogen-bond acceptors (Lipinski definition) is 3. The van der Waals surface area contributed by atoms with Gasteiger partial charge in [0, 0.05) is 6.42 Å². The molecule has 0 saturated carbocycles. The van der Waals surface area contributed by atoms with E-state index >= 15 is 0 Å². The summed E-state index contributed by atoms with van der Waals surface area (Å²) in [5, 5.41) is 10.4. The minimum Gasteiger partial charge on any atom is -0.496 e. The van der Waals surface area contributed by atoms with Gasteiger partial charge in [-0.3, -0.25) is 0 Å². The number of benzene rings is 2. The van der Waals surface area contributed by atoms with E-state index < -0.39 is 6.10 Å². The van der Waals surface area contributed by atoms with Crippen molar-refractivity contribution in [2.24, 2.45) is 0 Å². The SMILES string of the molecule is COc1ccc(CC(O)c2ccc(OC)c(Br)c2)cc1Br. The topological polar surface area (TPSA) is 38.7 Å². The quantitative estimate of drug-likeness (QED) is 0.780. The van der Waals surface area contributed by atoms with Crippen molar-refractivity contribution in [3.8, 4) is 11.5 Å². The van der Waals surface area contributed by atoms with Crippen LogP contribution in [-0.4, -0.2) is 19.3 Å². The third-order valence-corrected chi connectivity index (χ3v) is 4.45. The van der Waals surface area contributed by atoms with Crippen LogP contribution in [0.4, 0.5) is 0 Å². The second-order valence-electron chi connectivity index (χ2n) is 4.58. The smallest absolute Gasteiger partial charge is 0.133 e. The van der Waals surface area contributed by atoms with Crippen LogP contribution in [0.15, 0.2) is 45.3 Å². The molecule has 0 aliphatic heterocycles. The maximum Gasteiger partial charge on any atom is 0.133 e. The van der Waals surface area contributed by atoms with Crippen LogP contribution < -0.4 is 9.47 Å². The van der Waals surface area contributed by atoms with Crippen molar-refractivity contribution in [2.45, 2.75) is 12.5 Å². The van der Waals surface area contributed by atoms with Crippen molar-refractivity contribution in [1.82, 2.24) is 0 Å². The highest BCUT2D eigenvalue weighted by Crippen LogP contribution is 2.31. The van der Waals surface area contributed by atoms with E-state index in [1.54, 1.807) is 14.2 Å². The van der Waals surface area contributed by atoms with E-state index in [0.29, 0.717) is 6.42 Å². The van der Waals surface area contributed by atoms with Crippen LogP contribution in [0, 0.1) is 0 Å². The fourth-order valence-electron chi connectivity index (χ4n) is 2.07. The van der Waals surface area contributed by atoms with Crippen molar-refractivity contribution in [1.29, 1.82) is 0 Å². The number of ether oxygens (including phenoxy) is 2. The summed E-state index contributed by atoms with van der Waals surface area (Å²) in [5.74, 6) is 1.53. The maximum absolute atomic E-state index is 10.4. The minimum atomic E-state index is -0.576. The summed E-state index contributed by atoms with van der Waals surface area (Å²) in [5.41, 5.74) is 1.87. The average Bonchev–Trinajstić information content (AvgIpc) is 2.47. The van der Waals surface area contributed by atoms with Crippen molar-refractivity contribution < 1.29 is 14.6 Å². The molecule has 0 spiro atoms. The van der Waals surface area contributed by atoms with Crippen molar-refractivity contribution in [2.75, 3.05) is 14.2 Å². The first-order valence-electron chi connectivity index (χ1n) is 6.39. The van der Waals surface area contributed by atoms with E-state index in [1.807, 2.05) is 36.4 Å². The van der Waals surface area contributed by atoms with E-state index in [0.717, 1.165) is 31.6 Å². The maximum atomic E-state index is 10.4. The molecule has 21 heavy (non-hydrogen) atoms. The number of aliphatic hydroxyl groups excluding tert-OH is 1. The zero-order valence-electron chi connectivity index (χ0n) is 11.8. The lowest BCUT2D eigenvalue weighted by molar-refractivity contribution is 0.178. The van der Waals surface area contributed by atoms with Gasteiger partial charge >= 0.3 is 0 Å². The summed E-state index contributed by atoms with van der Waals surface area (Å²) in [6.45, 7) is 0. The van der Waals surface area contributed by atoms with Crippen LogP contribution in [-0.2, 0) is 6.42 Å². The fourth-order valence-corrected chi connectivity index (χ4v) is 3.21. The lowest BCUT2D eigenvalue weighted by atomic mass is 10.0. The van der Waals surface area contributed by atoms with Gasteiger partial charge in [0.15, 0.2) is 0 Å². The van der Waals surface area contributed by atoms with Gasteiger partial charge in [0.25, 0.3) is 0 Å². The molecule has 3 nitrogen and oxygen atoms in total. The number of rotatable bonds is 5. The van der Waals surface area contributed by atoms with Crippen LogP contribution in [0.5, 0.6) is 11.5 Å². The Morgan fingerprint density at radius 1 is 0.952 bits per heavy atom. The molecule has 0 aliphatic carbocycles. The molecule has 0 amide bonds. The predicted molar refractivity (Wildman–Crippen MR) is 90.1 cm³/mol. The van der Waals surface area contributed by atoms with Gasteiger partial charge in [-0.05, 0) is 67.3 Å². The van der Waals surface area contributed by atoms with Crippen LogP contribution in [0.1, 0.15) is 17.2 Å². The lowest BCUT2D eigenvalue weighted by Gasteiger charge is -2.14. The third kappa shape index (κ3) is 3.99. The van der Waals surface area contributed by atoms with Crippen LogP contribution in [0.3, 0.4) is 0 Å². The first-order chi connectivity index (χ1) is 10.0. The van der Waals surface area contributed by atoms with Gasteiger partial charge in [-0.1, -0.05) is 12.1 Å². The Balaban J connectivity index is 2.15. The molecular formula is C16H16Br2O3. The molecule has 0 aromatic heterocycles. The lowest BCUT2D eigenvalue weighted by Crippen LogP contribution is -2.02. The summed E-state index contributed by atoms with van der Waals surface area (Å²) in [6, 6.07) is 11.4. The molecule has 0 saturated heterocycles. The molecule has 0 bridgehead atoms. The zero-order chi connectivity index (χ0) is 15.4. The molecule has 2 rings (SSSR count). The second-order valence-corrected chi connectivity index (χ2v) is 6.29. The molecule has 1 atom stereocenters. The molecule has 1 unspecified atom stereocenters. The van der Waals surface area contributed by atoms with E-state index in [9.17, 15) is 5.11 Å². The number of halogens is 2. The first kappa shape index (κ1) is 16.3. The van der Waals surface area contributed by atoms with Gasteiger partial charge in [-0.2, -0.15) is 0 Å². The van der Waals surface area contributed by atoms with E-state index in [-0.39, 0.29) is 0 Å².